The molecule has 0 saturated carbocycles. The van der Waals surface area contributed by atoms with Crippen molar-refractivity contribution in [1.82, 2.24) is 25.0 Å². The first kappa shape index (κ1) is 15.7. The van der Waals surface area contributed by atoms with Crippen LogP contribution in [-0.4, -0.2) is 31.8 Å². The molecule has 0 saturated heterocycles. The van der Waals surface area contributed by atoms with Crippen molar-refractivity contribution in [3.05, 3.63) is 71.6 Å². The molecule has 4 rings (SSSR count). The van der Waals surface area contributed by atoms with E-state index in [2.05, 4.69) is 15.5 Å². The maximum atomic E-state index is 13.4. The third kappa shape index (κ3) is 2.48. The van der Waals surface area contributed by atoms with Gasteiger partial charge in [0.05, 0.1) is 24.0 Å². The average Bonchev–Trinajstić information content (AvgIpc) is 3.16. The summed E-state index contributed by atoms with van der Waals surface area (Å²) in [6, 6.07) is 8.37. The van der Waals surface area contributed by atoms with Gasteiger partial charge >= 0.3 is 0 Å². The highest BCUT2D eigenvalue weighted by atomic mass is 19.1. The van der Waals surface area contributed by atoms with Crippen molar-refractivity contribution in [2.24, 2.45) is 0 Å². The summed E-state index contributed by atoms with van der Waals surface area (Å²) in [5.41, 5.74) is 6.92. The first-order chi connectivity index (χ1) is 12.0. The van der Waals surface area contributed by atoms with Crippen LogP contribution in [0.2, 0.25) is 0 Å². The summed E-state index contributed by atoms with van der Waals surface area (Å²) in [5, 5.41) is 15.5. The summed E-state index contributed by atoms with van der Waals surface area (Å²) in [6.07, 6.45) is 5.40. The van der Waals surface area contributed by atoms with Crippen molar-refractivity contribution in [3.8, 4) is 0 Å². The lowest BCUT2D eigenvalue weighted by Crippen LogP contribution is -2.41. The average molecular weight is 339 g/mol. The lowest BCUT2D eigenvalue weighted by molar-refractivity contribution is 0.273. The zero-order valence-electron chi connectivity index (χ0n) is 13.9. The first-order valence-corrected chi connectivity index (χ1v) is 7.95. The molecular weight excluding hydrogens is 321 g/mol. The minimum atomic E-state index is -0.546. The fourth-order valence-corrected chi connectivity index (χ4v) is 3.34. The molecule has 3 heterocycles. The zero-order chi connectivity index (χ0) is 17.6. The number of aromatic nitrogens is 3. The van der Waals surface area contributed by atoms with Crippen molar-refractivity contribution in [2.75, 3.05) is 7.05 Å². The fraction of sp³-hybridized carbons (Fsp3) is 0.222. The Balaban J connectivity index is 1.89. The van der Waals surface area contributed by atoms with Gasteiger partial charge in [-0.2, -0.15) is 5.10 Å². The Morgan fingerprint density at radius 1 is 1.24 bits per heavy atom. The zero-order valence-corrected chi connectivity index (χ0v) is 13.9. The second-order valence-electron chi connectivity index (χ2n) is 6.30. The summed E-state index contributed by atoms with van der Waals surface area (Å²) >= 11 is 0. The number of fused-ring (bicyclic) bond motifs is 1. The van der Waals surface area contributed by atoms with Crippen LogP contribution in [0.25, 0.3) is 11.2 Å². The van der Waals surface area contributed by atoms with E-state index in [9.17, 15) is 9.50 Å². The van der Waals surface area contributed by atoms with E-state index < -0.39 is 5.54 Å². The molecule has 0 radical (unpaired) electrons. The van der Waals surface area contributed by atoms with E-state index >= 15 is 0 Å². The summed E-state index contributed by atoms with van der Waals surface area (Å²) in [7, 11) is 1.91. The number of aliphatic hydroxyl groups is 1. The van der Waals surface area contributed by atoms with E-state index in [1.807, 2.05) is 31.2 Å². The fourth-order valence-electron chi connectivity index (χ4n) is 3.34. The van der Waals surface area contributed by atoms with Crippen molar-refractivity contribution >= 4 is 11.2 Å². The van der Waals surface area contributed by atoms with Gasteiger partial charge in [0.2, 0.25) is 0 Å². The Morgan fingerprint density at radius 3 is 2.72 bits per heavy atom. The van der Waals surface area contributed by atoms with Gasteiger partial charge in [-0.05, 0) is 30.7 Å². The van der Waals surface area contributed by atoms with Crippen LogP contribution in [0.5, 0.6) is 0 Å². The van der Waals surface area contributed by atoms with Crippen LogP contribution in [0.4, 0.5) is 4.39 Å². The molecular formula is C18H18FN5O. The molecule has 1 atom stereocenters. The van der Waals surface area contributed by atoms with E-state index in [0.717, 1.165) is 16.7 Å². The van der Waals surface area contributed by atoms with E-state index in [1.54, 1.807) is 29.0 Å². The third-order valence-electron chi connectivity index (χ3n) is 4.55. The molecule has 25 heavy (non-hydrogen) atoms. The van der Waals surface area contributed by atoms with Crippen LogP contribution in [-0.2, 0) is 12.1 Å². The second kappa shape index (κ2) is 5.65. The highest BCUT2D eigenvalue weighted by Crippen LogP contribution is 2.41. The van der Waals surface area contributed by atoms with Crippen LogP contribution in [0, 0.1) is 5.82 Å². The van der Waals surface area contributed by atoms with Crippen molar-refractivity contribution in [2.45, 2.75) is 19.1 Å². The third-order valence-corrected chi connectivity index (χ3v) is 4.55. The number of rotatable bonds is 3. The van der Waals surface area contributed by atoms with Gasteiger partial charge in [0.15, 0.2) is 5.65 Å². The maximum absolute atomic E-state index is 13.4. The number of benzene rings is 1. The molecule has 3 aromatic rings. The van der Waals surface area contributed by atoms with Gasteiger partial charge in [-0.3, -0.25) is 0 Å². The monoisotopic (exact) mass is 339 g/mol. The molecule has 1 aliphatic heterocycles. The number of aliphatic hydroxyl groups excluding tert-OH is 1. The molecule has 7 heteroatoms. The van der Waals surface area contributed by atoms with Crippen LogP contribution in [0.1, 0.15) is 23.7 Å². The Kier molecular flexibility index (Phi) is 3.55. The smallest absolute Gasteiger partial charge is 0.161 e. The second-order valence-corrected chi connectivity index (χ2v) is 6.30. The van der Waals surface area contributed by atoms with E-state index in [1.165, 1.54) is 12.1 Å². The van der Waals surface area contributed by atoms with Crippen LogP contribution in [0.3, 0.4) is 0 Å². The molecule has 2 aromatic heterocycles. The Morgan fingerprint density at radius 2 is 2.00 bits per heavy atom. The summed E-state index contributed by atoms with van der Waals surface area (Å²) in [6.45, 7) is 1.90. The molecule has 1 aliphatic rings. The van der Waals surface area contributed by atoms with Gasteiger partial charge in [-0.1, -0.05) is 12.1 Å². The largest absolute Gasteiger partial charge is 0.390 e. The normalized spacial score (nSPS) is 20.3. The number of nitrogens with one attached hydrogen (secondary N) is 1. The molecule has 0 aliphatic carbocycles. The maximum Gasteiger partial charge on any atom is 0.161 e. The minimum Gasteiger partial charge on any atom is -0.390 e. The number of hydrazine groups is 1. The van der Waals surface area contributed by atoms with Crippen LogP contribution >= 0.6 is 0 Å². The standard InChI is InChI=1S/C18H18FN5O/c1-18(12-3-5-13(19)6-4-12)16(10-23(2)22-18)15-7-8-20-24-9-14(11-25)21-17(15)24/h3-10,22,25H,11H2,1-2H3. The molecule has 6 nitrogen and oxygen atoms in total. The molecule has 0 amide bonds. The number of hydrogen-bond acceptors (Lipinski definition) is 5. The number of nitrogens with zero attached hydrogens (tertiary/aromatic N) is 4. The summed E-state index contributed by atoms with van der Waals surface area (Å²) < 4.78 is 15.0. The van der Waals surface area contributed by atoms with Crippen LogP contribution in [0.15, 0.2) is 48.9 Å². The van der Waals surface area contributed by atoms with Gasteiger partial charge in [0.25, 0.3) is 0 Å². The van der Waals surface area contributed by atoms with Crippen molar-refractivity contribution < 1.29 is 9.50 Å². The van der Waals surface area contributed by atoms with E-state index in [4.69, 9.17) is 0 Å². The van der Waals surface area contributed by atoms with E-state index in [0.29, 0.717) is 11.3 Å². The SMILES string of the molecule is CN1C=C(c2ccnn3cc(CO)nc23)C(C)(c2ccc(F)cc2)N1. The predicted octanol–water partition coefficient (Wildman–Crippen LogP) is 2.07. The molecule has 1 aromatic carbocycles. The number of imidazole rings is 1. The van der Waals surface area contributed by atoms with Gasteiger partial charge in [-0.15, -0.1) is 0 Å². The van der Waals surface area contributed by atoms with Crippen molar-refractivity contribution in [3.63, 3.8) is 0 Å². The molecule has 0 fully saturated rings. The minimum absolute atomic E-state index is 0.144. The highest BCUT2D eigenvalue weighted by molar-refractivity contribution is 5.82. The predicted molar refractivity (Wildman–Crippen MR) is 91.5 cm³/mol. The first-order valence-electron chi connectivity index (χ1n) is 7.95. The van der Waals surface area contributed by atoms with Gasteiger partial charge in [-0.25, -0.2) is 19.3 Å². The Hall–Kier alpha value is -2.77. The molecule has 0 spiro atoms. The Bertz CT molecular complexity index is 965. The van der Waals surface area contributed by atoms with Crippen molar-refractivity contribution in [1.29, 1.82) is 0 Å². The Labute approximate surface area is 144 Å². The molecule has 128 valence electrons. The molecule has 2 N–H and O–H groups in total. The van der Waals surface area contributed by atoms with Gasteiger partial charge < -0.3 is 10.1 Å². The molecule has 1 unspecified atom stereocenters. The van der Waals surface area contributed by atoms with Gasteiger partial charge in [0.1, 0.15) is 5.82 Å². The lowest BCUT2D eigenvalue weighted by atomic mass is 9.83. The highest BCUT2D eigenvalue weighted by Gasteiger charge is 2.38. The van der Waals surface area contributed by atoms with Crippen LogP contribution < -0.4 is 5.43 Å². The van der Waals surface area contributed by atoms with E-state index in [-0.39, 0.29) is 12.4 Å². The molecule has 0 bridgehead atoms. The summed E-state index contributed by atoms with van der Waals surface area (Å²) in [5.74, 6) is -0.267. The van der Waals surface area contributed by atoms with Gasteiger partial charge in [0, 0.05) is 30.6 Å². The topological polar surface area (TPSA) is 65.7 Å². The number of hydrogen-bond donors (Lipinski definition) is 2. The lowest BCUT2D eigenvalue weighted by Gasteiger charge is -2.30. The summed E-state index contributed by atoms with van der Waals surface area (Å²) in [4.78, 5) is 4.48. The number of halogens is 1. The quantitative estimate of drug-likeness (QED) is 0.765.